The van der Waals surface area contributed by atoms with Gasteiger partial charge in [0.05, 0.1) is 19.3 Å². The molecule has 4 unspecified atom stereocenters. The van der Waals surface area contributed by atoms with E-state index < -0.39 is 43.6 Å². The summed E-state index contributed by atoms with van der Waals surface area (Å²) in [6.45, 7) is -1.36. The lowest BCUT2D eigenvalue weighted by molar-refractivity contribution is -0.0901. The van der Waals surface area contributed by atoms with Gasteiger partial charge < -0.3 is 36.2 Å². The number of amides is 2. The van der Waals surface area contributed by atoms with Crippen molar-refractivity contribution in [1.29, 1.82) is 0 Å². The van der Waals surface area contributed by atoms with Crippen LogP contribution in [0.15, 0.2) is 0 Å². The highest BCUT2D eigenvalue weighted by Gasteiger charge is 2.31. The highest BCUT2D eigenvalue weighted by Crippen LogP contribution is 2.04. The van der Waals surface area contributed by atoms with Gasteiger partial charge in [0.25, 0.3) is 0 Å². The SMILES string of the molecule is CNC(=O)NC(CO)C(O)C(O)C(O)CO. The van der Waals surface area contributed by atoms with Gasteiger partial charge in [-0.05, 0) is 0 Å². The van der Waals surface area contributed by atoms with Crippen molar-refractivity contribution in [1.82, 2.24) is 10.6 Å². The van der Waals surface area contributed by atoms with Crippen LogP contribution in [0.3, 0.4) is 0 Å². The molecule has 0 aliphatic carbocycles. The molecule has 0 aliphatic rings. The van der Waals surface area contributed by atoms with E-state index in [1.165, 1.54) is 7.05 Å². The fourth-order valence-corrected chi connectivity index (χ4v) is 1.05. The first kappa shape index (κ1) is 15.1. The second-order valence-electron chi connectivity index (χ2n) is 3.24. The van der Waals surface area contributed by atoms with Gasteiger partial charge in [-0.3, -0.25) is 0 Å². The summed E-state index contributed by atoms with van der Waals surface area (Å²) in [4.78, 5) is 10.9. The molecule has 2 amide bonds. The summed E-state index contributed by atoms with van der Waals surface area (Å²) in [6.07, 6.45) is -4.81. The van der Waals surface area contributed by atoms with Gasteiger partial charge >= 0.3 is 6.03 Å². The first-order valence-electron chi connectivity index (χ1n) is 4.72. The minimum atomic E-state index is -1.67. The molecule has 8 nitrogen and oxygen atoms in total. The second kappa shape index (κ2) is 7.36. The number of urea groups is 1. The number of hydrogen-bond acceptors (Lipinski definition) is 6. The van der Waals surface area contributed by atoms with Crippen LogP contribution in [-0.2, 0) is 0 Å². The zero-order chi connectivity index (χ0) is 12.7. The predicted molar refractivity (Wildman–Crippen MR) is 53.6 cm³/mol. The van der Waals surface area contributed by atoms with E-state index in [4.69, 9.17) is 15.3 Å². The molecule has 0 aromatic carbocycles. The fraction of sp³-hybridized carbons (Fsp3) is 0.875. The van der Waals surface area contributed by atoms with E-state index in [0.29, 0.717) is 0 Å². The molecule has 0 aromatic rings. The molecule has 0 radical (unpaired) electrons. The molecule has 4 atom stereocenters. The van der Waals surface area contributed by atoms with Gasteiger partial charge in [0, 0.05) is 7.05 Å². The van der Waals surface area contributed by atoms with Crippen molar-refractivity contribution in [3.05, 3.63) is 0 Å². The quantitative estimate of drug-likeness (QED) is 0.254. The maximum atomic E-state index is 10.9. The normalized spacial score (nSPS) is 18.4. The first-order valence-corrected chi connectivity index (χ1v) is 4.72. The lowest BCUT2D eigenvalue weighted by atomic mass is 10.0. The summed E-state index contributed by atoms with van der Waals surface area (Å²) >= 11 is 0. The van der Waals surface area contributed by atoms with E-state index >= 15 is 0 Å². The third-order valence-electron chi connectivity index (χ3n) is 2.08. The van der Waals surface area contributed by atoms with E-state index in [0.717, 1.165) is 0 Å². The predicted octanol–water partition coefficient (Wildman–Crippen LogP) is -3.65. The van der Waals surface area contributed by atoms with Crippen molar-refractivity contribution in [3.8, 4) is 0 Å². The van der Waals surface area contributed by atoms with Crippen molar-refractivity contribution in [2.45, 2.75) is 24.4 Å². The molecule has 0 aliphatic heterocycles. The van der Waals surface area contributed by atoms with Crippen LogP contribution < -0.4 is 10.6 Å². The molecule has 0 bridgehead atoms. The molecule has 7 N–H and O–H groups in total. The summed E-state index contributed by atoms with van der Waals surface area (Å²) in [5.41, 5.74) is 0. The molecule has 0 saturated heterocycles. The lowest BCUT2D eigenvalue weighted by Crippen LogP contribution is -2.55. The minimum absolute atomic E-state index is 0.621. The zero-order valence-electron chi connectivity index (χ0n) is 8.87. The Balaban J connectivity index is 4.39. The third-order valence-corrected chi connectivity index (χ3v) is 2.08. The number of nitrogens with one attached hydrogen (secondary N) is 2. The molecule has 96 valence electrons. The van der Waals surface area contributed by atoms with Crippen LogP contribution in [-0.4, -0.2) is 76.2 Å². The van der Waals surface area contributed by atoms with Gasteiger partial charge in [-0.1, -0.05) is 0 Å². The summed E-state index contributed by atoms with van der Waals surface area (Å²) in [6, 6.07) is -1.79. The van der Waals surface area contributed by atoms with Crippen LogP contribution >= 0.6 is 0 Å². The van der Waals surface area contributed by atoms with E-state index in [2.05, 4.69) is 10.6 Å². The van der Waals surface area contributed by atoms with Gasteiger partial charge in [-0.25, -0.2) is 4.79 Å². The third kappa shape index (κ3) is 4.29. The second-order valence-corrected chi connectivity index (χ2v) is 3.24. The van der Waals surface area contributed by atoms with Gasteiger partial charge in [0.2, 0.25) is 0 Å². The van der Waals surface area contributed by atoms with Crippen molar-refractivity contribution >= 4 is 6.03 Å². The highest BCUT2D eigenvalue weighted by atomic mass is 16.4. The van der Waals surface area contributed by atoms with Crippen LogP contribution in [0.5, 0.6) is 0 Å². The Labute approximate surface area is 92.5 Å². The van der Waals surface area contributed by atoms with E-state index in [9.17, 15) is 15.0 Å². The maximum absolute atomic E-state index is 10.9. The number of aliphatic hydroxyl groups is 5. The molecular weight excluding hydrogens is 220 g/mol. The smallest absolute Gasteiger partial charge is 0.314 e. The molecule has 8 heteroatoms. The Hall–Kier alpha value is -0.930. The maximum Gasteiger partial charge on any atom is 0.314 e. The number of carbonyl (C=O) groups is 1. The van der Waals surface area contributed by atoms with E-state index in [1.54, 1.807) is 0 Å². The topological polar surface area (TPSA) is 142 Å². The Bertz CT molecular complexity index is 215. The Kier molecular flexibility index (Phi) is 6.93. The van der Waals surface area contributed by atoms with Gasteiger partial charge in [0.1, 0.15) is 18.3 Å². The number of aliphatic hydroxyl groups excluding tert-OH is 5. The minimum Gasteiger partial charge on any atom is -0.394 e. The van der Waals surface area contributed by atoms with Crippen molar-refractivity contribution in [2.75, 3.05) is 20.3 Å². The molecule has 0 saturated carbocycles. The Morgan fingerprint density at radius 3 is 2.06 bits per heavy atom. The van der Waals surface area contributed by atoms with Crippen LogP contribution in [0, 0.1) is 0 Å². The molecule has 0 fully saturated rings. The number of hydrogen-bond donors (Lipinski definition) is 7. The average molecular weight is 238 g/mol. The van der Waals surface area contributed by atoms with Gasteiger partial charge in [0.15, 0.2) is 0 Å². The molecular formula is C8H18N2O6. The zero-order valence-corrected chi connectivity index (χ0v) is 8.87. The molecule has 0 spiro atoms. The van der Waals surface area contributed by atoms with Crippen molar-refractivity contribution < 1.29 is 30.3 Å². The van der Waals surface area contributed by atoms with Crippen LogP contribution in [0.25, 0.3) is 0 Å². The van der Waals surface area contributed by atoms with Crippen LogP contribution in [0.4, 0.5) is 4.79 Å². The summed E-state index contributed by atoms with van der Waals surface area (Å²) in [7, 11) is 1.34. The van der Waals surface area contributed by atoms with Crippen LogP contribution in [0.1, 0.15) is 0 Å². The van der Waals surface area contributed by atoms with Crippen molar-refractivity contribution in [2.24, 2.45) is 0 Å². The van der Waals surface area contributed by atoms with E-state index in [-0.39, 0.29) is 0 Å². The van der Waals surface area contributed by atoms with E-state index in [1.807, 2.05) is 0 Å². The molecule has 0 rings (SSSR count). The lowest BCUT2D eigenvalue weighted by Gasteiger charge is -2.28. The fourth-order valence-electron chi connectivity index (χ4n) is 1.05. The average Bonchev–Trinajstić information content (AvgIpc) is 2.32. The van der Waals surface area contributed by atoms with Crippen LogP contribution in [0.2, 0.25) is 0 Å². The number of carbonyl (C=O) groups excluding carboxylic acids is 1. The molecule has 16 heavy (non-hydrogen) atoms. The first-order chi connectivity index (χ1) is 7.47. The monoisotopic (exact) mass is 238 g/mol. The summed E-state index contributed by atoms with van der Waals surface area (Å²) in [5, 5.41) is 49.7. The number of rotatable bonds is 6. The van der Waals surface area contributed by atoms with Gasteiger partial charge in [-0.2, -0.15) is 0 Å². The largest absolute Gasteiger partial charge is 0.394 e. The standard InChI is InChI=1S/C8H18N2O6/c1-9-8(16)10-4(2-11)6(14)7(15)5(13)3-12/h4-7,11-15H,2-3H2,1H3,(H2,9,10,16). The summed E-state index contributed by atoms with van der Waals surface area (Å²) < 4.78 is 0. The molecule has 0 aromatic heterocycles. The highest BCUT2D eigenvalue weighted by molar-refractivity contribution is 5.73. The van der Waals surface area contributed by atoms with Gasteiger partial charge in [-0.15, -0.1) is 0 Å². The Morgan fingerprint density at radius 2 is 1.69 bits per heavy atom. The van der Waals surface area contributed by atoms with Crippen molar-refractivity contribution in [3.63, 3.8) is 0 Å². The summed E-state index contributed by atoms with van der Waals surface area (Å²) in [5.74, 6) is 0. The molecule has 0 heterocycles. The Morgan fingerprint density at radius 1 is 1.12 bits per heavy atom.